The van der Waals surface area contributed by atoms with E-state index < -0.39 is 10.7 Å². The lowest BCUT2D eigenvalue weighted by atomic mass is 9.93. The molecule has 1 heterocycles. The molecule has 2 rings (SSSR count). The minimum Gasteiger partial charge on any atom is -0.363 e. The van der Waals surface area contributed by atoms with E-state index in [0.717, 1.165) is 18.9 Å². The van der Waals surface area contributed by atoms with Crippen LogP contribution in [0.1, 0.15) is 19.8 Å². The summed E-state index contributed by atoms with van der Waals surface area (Å²) in [6.45, 7) is 3.24. The Bertz CT molecular complexity index is 527. The Labute approximate surface area is 125 Å². The van der Waals surface area contributed by atoms with Gasteiger partial charge in [0.15, 0.2) is 0 Å². The van der Waals surface area contributed by atoms with Crippen LogP contribution >= 0.6 is 15.9 Å². The van der Waals surface area contributed by atoms with Crippen molar-refractivity contribution in [3.63, 3.8) is 0 Å². The summed E-state index contributed by atoms with van der Waals surface area (Å²) < 4.78 is 13.8. The molecule has 110 valence electrons. The van der Waals surface area contributed by atoms with Gasteiger partial charge in [-0.1, -0.05) is 0 Å². The molecule has 5 nitrogen and oxygen atoms in total. The summed E-state index contributed by atoms with van der Waals surface area (Å²) in [5, 5.41) is 11.2. The highest BCUT2D eigenvalue weighted by Crippen LogP contribution is 2.37. The van der Waals surface area contributed by atoms with Crippen LogP contribution in [0.2, 0.25) is 0 Å². The van der Waals surface area contributed by atoms with Crippen molar-refractivity contribution < 1.29 is 9.31 Å². The zero-order valence-electron chi connectivity index (χ0n) is 11.2. The summed E-state index contributed by atoms with van der Waals surface area (Å²) >= 11 is 3.10. The summed E-state index contributed by atoms with van der Waals surface area (Å²) in [6.07, 6.45) is 1.94. The fraction of sp³-hybridized carbons (Fsp3) is 0.538. The minimum absolute atomic E-state index is 0.175. The van der Waals surface area contributed by atoms with Crippen molar-refractivity contribution in [1.29, 1.82) is 0 Å². The predicted molar refractivity (Wildman–Crippen MR) is 79.3 cm³/mol. The van der Waals surface area contributed by atoms with E-state index in [1.807, 2.05) is 11.8 Å². The van der Waals surface area contributed by atoms with Gasteiger partial charge in [0.25, 0.3) is 5.69 Å². The van der Waals surface area contributed by atoms with Crippen molar-refractivity contribution in [2.24, 2.45) is 11.7 Å². The van der Waals surface area contributed by atoms with Gasteiger partial charge >= 0.3 is 0 Å². The van der Waals surface area contributed by atoms with Crippen molar-refractivity contribution in [2.75, 3.05) is 18.0 Å². The fourth-order valence-electron chi connectivity index (χ4n) is 2.61. The molecule has 0 radical (unpaired) electrons. The molecule has 1 fully saturated rings. The third-order valence-electron chi connectivity index (χ3n) is 3.84. The monoisotopic (exact) mass is 345 g/mol. The van der Waals surface area contributed by atoms with E-state index in [2.05, 4.69) is 15.9 Å². The minimum atomic E-state index is -0.625. The molecule has 0 saturated carbocycles. The van der Waals surface area contributed by atoms with Crippen LogP contribution in [0.15, 0.2) is 16.6 Å². The first-order valence-electron chi connectivity index (χ1n) is 6.54. The van der Waals surface area contributed by atoms with E-state index in [1.165, 1.54) is 6.07 Å². The van der Waals surface area contributed by atoms with E-state index >= 15 is 0 Å². The van der Waals surface area contributed by atoms with Crippen LogP contribution in [0.4, 0.5) is 15.8 Å². The number of rotatable bonds is 3. The number of piperidine rings is 1. The average molecular weight is 346 g/mol. The average Bonchev–Trinajstić information content (AvgIpc) is 2.42. The molecule has 1 aromatic carbocycles. The lowest BCUT2D eigenvalue weighted by molar-refractivity contribution is -0.384. The van der Waals surface area contributed by atoms with E-state index in [0.29, 0.717) is 24.7 Å². The van der Waals surface area contributed by atoms with Gasteiger partial charge in [-0.2, -0.15) is 0 Å². The first-order chi connectivity index (χ1) is 9.43. The van der Waals surface area contributed by atoms with Gasteiger partial charge in [-0.3, -0.25) is 10.1 Å². The molecule has 1 saturated heterocycles. The number of nitro groups is 1. The first-order valence-corrected chi connectivity index (χ1v) is 7.33. The second-order valence-electron chi connectivity index (χ2n) is 5.19. The molecule has 1 aromatic rings. The second kappa shape index (κ2) is 6.05. The molecule has 20 heavy (non-hydrogen) atoms. The molecule has 1 aliphatic rings. The highest BCUT2D eigenvalue weighted by Gasteiger charge is 2.30. The van der Waals surface area contributed by atoms with Crippen LogP contribution in [0.3, 0.4) is 0 Å². The Kier molecular flexibility index (Phi) is 4.59. The number of halogens is 2. The third kappa shape index (κ3) is 2.93. The second-order valence-corrected chi connectivity index (χ2v) is 6.05. The molecule has 0 spiro atoms. The van der Waals surface area contributed by atoms with E-state index in [9.17, 15) is 14.5 Å². The molecule has 0 amide bonds. The molecule has 2 unspecified atom stereocenters. The highest BCUT2D eigenvalue weighted by molar-refractivity contribution is 9.10. The number of hydrogen-bond donors (Lipinski definition) is 1. The number of nitro benzene ring substituents is 1. The number of hydrogen-bond acceptors (Lipinski definition) is 4. The van der Waals surface area contributed by atoms with E-state index in [4.69, 9.17) is 5.73 Å². The zero-order valence-corrected chi connectivity index (χ0v) is 12.8. The topological polar surface area (TPSA) is 72.4 Å². The maximum atomic E-state index is 13.5. The van der Waals surface area contributed by atoms with Gasteiger partial charge in [0.1, 0.15) is 11.5 Å². The van der Waals surface area contributed by atoms with Crippen LogP contribution in [0.5, 0.6) is 0 Å². The van der Waals surface area contributed by atoms with Crippen molar-refractivity contribution >= 4 is 27.3 Å². The van der Waals surface area contributed by atoms with Crippen LogP contribution < -0.4 is 10.6 Å². The highest BCUT2D eigenvalue weighted by atomic mass is 79.9. The third-order valence-corrected chi connectivity index (χ3v) is 4.44. The molecule has 0 aliphatic carbocycles. The Morgan fingerprint density at radius 1 is 1.55 bits per heavy atom. The number of anilines is 1. The summed E-state index contributed by atoms with van der Waals surface area (Å²) in [5.74, 6) is -0.310. The quantitative estimate of drug-likeness (QED) is 0.674. The molecule has 0 aromatic heterocycles. The normalized spacial score (nSPS) is 22.9. The van der Waals surface area contributed by atoms with Gasteiger partial charge in [-0.05, 0) is 54.2 Å². The fourth-order valence-corrected chi connectivity index (χ4v) is 2.94. The maximum Gasteiger partial charge on any atom is 0.295 e. The van der Waals surface area contributed by atoms with Gasteiger partial charge in [0.05, 0.1) is 15.5 Å². The van der Waals surface area contributed by atoms with Crippen molar-refractivity contribution in [3.05, 3.63) is 32.5 Å². The molecule has 2 N–H and O–H groups in total. The predicted octanol–water partition coefficient (Wildman–Crippen LogP) is 3.06. The summed E-state index contributed by atoms with van der Waals surface area (Å²) in [6, 6.07) is 2.63. The van der Waals surface area contributed by atoms with Gasteiger partial charge in [-0.15, -0.1) is 0 Å². The zero-order chi connectivity index (χ0) is 14.9. The Morgan fingerprint density at radius 3 is 2.85 bits per heavy atom. The molecule has 2 atom stereocenters. The number of nitrogens with two attached hydrogens (primary N) is 1. The number of nitrogens with zero attached hydrogens (tertiary/aromatic N) is 2. The Balaban J connectivity index is 2.44. The van der Waals surface area contributed by atoms with E-state index in [1.54, 1.807) is 0 Å². The summed E-state index contributed by atoms with van der Waals surface area (Å²) in [7, 11) is 0. The lowest BCUT2D eigenvalue weighted by Gasteiger charge is -2.39. The molecule has 1 aliphatic heterocycles. The lowest BCUT2D eigenvalue weighted by Crippen LogP contribution is -2.44. The molecular weight excluding hydrogens is 329 g/mol. The van der Waals surface area contributed by atoms with E-state index in [-0.39, 0.29) is 16.2 Å². The molecule has 0 bridgehead atoms. The standard InChI is InChI=1S/C13H17BrFN3O2/c1-8-2-3-9(6-16)7-17(8)12-4-10(14)11(15)5-13(12)18(19)20/h4-5,8-9H,2-3,6-7,16H2,1H3. The molecule has 7 heteroatoms. The van der Waals surface area contributed by atoms with Gasteiger partial charge < -0.3 is 10.6 Å². The first kappa shape index (κ1) is 15.2. The van der Waals surface area contributed by atoms with Crippen molar-refractivity contribution in [3.8, 4) is 0 Å². The number of benzene rings is 1. The van der Waals surface area contributed by atoms with Crippen LogP contribution in [-0.2, 0) is 0 Å². The summed E-state index contributed by atoms with van der Waals surface area (Å²) in [5.41, 5.74) is 5.96. The Morgan fingerprint density at radius 2 is 2.25 bits per heavy atom. The summed E-state index contributed by atoms with van der Waals surface area (Å²) in [4.78, 5) is 12.6. The van der Waals surface area contributed by atoms with Crippen LogP contribution in [0, 0.1) is 21.8 Å². The maximum absolute atomic E-state index is 13.5. The largest absolute Gasteiger partial charge is 0.363 e. The molecular formula is C13H17BrFN3O2. The van der Waals surface area contributed by atoms with Crippen molar-refractivity contribution in [1.82, 2.24) is 0 Å². The van der Waals surface area contributed by atoms with Gasteiger partial charge in [0, 0.05) is 12.6 Å². The van der Waals surface area contributed by atoms with Crippen molar-refractivity contribution in [2.45, 2.75) is 25.8 Å². The van der Waals surface area contributed by atoms with Crippen LogP contribution in [-0.4, -0.2) is 24.1 Å². The Hall–Kier alpha value is -1.21. The van der Waals surface area contributed by atoms with Crippen LogP contribution in [0.25, 0.3) is 0 Å². The SMILES string of the molecule is CC1CCC(CN)CN1c1cc(Br)c(F)cc1[N+](=O)[O-]. The van der Waals surface area contributed by atoms with Gasteiger partial charge in [-0.25, -0.2) is 4.39 Å². The van der Waals surface area contributed by atoms with Gasteiger partial charge in [0.2, 0.25) is 0 Å². The smallest absolute Gasteiger partial charge is 0.295 e.